The molecule has 0 radical (unpaired) electrons. The lowest BCUT2D eigenvalue weighted by Gasteiger charge is -2.15. The number of benzene rings is 1. The highest BCUT2D eigenvalue weighted by atomic mass is 19.3. The Kier molecular flexibility index (Phi) is 5.32. The van der Waals surface area contributed by atoms with E-state index in [0.717, 1.165) is 19.4 Å². The maximum Gasteiger partial charge on any atom is 0.387 e. The summed E-state index contributed by atoms with van der Waals surface area (Å²) in [4.78, 5) is 11.8. The zero-order chi connectivity index (χ0) is 15.2. The van der Waals surface area contributed by atoms with Gasteiger partial charge in [-0.25, -0.2) is 4.79 Å². The van der Waals surface area contributed by atoms with Crippen molar-refractivity contribution in [2.45, 2.75) is 32.5 Å². The molecular weight excluding hydrogens is 282 g/mol. The summed E-state index contributed by atoms with van der Waals surface area (Å²) in [5.74, 6) is 0.0435. The predicted octanol–water partition coefficient (Wildman–Crippen LogP) is 2.90. The van der Waals surface area contributed by atoms with E-state index in [1.165, 1.54) is 6.07 Å². The maximum atomic E-state index is 12.3. The lowest BCUT2D eigenvalue weighted by molar-refractivity contribution is -0.0502. The third kappa shape index (κ3) is 4.56. The van der Waals surface area contributed by atoms with Crippen LogP contribution in [0.4, 0.5) is 19.3 Å². The summed E-state index contributed by atoms with van der Waals surface area (Å²) in [5, 5.41) is 5.31. The van der Waals surface area contributed by atoms with Crippen LogP contribution < -0.4 is 15.4 Å². The third-order valence-electron chi connectivity index (χ3n) is 3.26. The number of halogens is 2. The fourth-order valence-electron chi connectivity index (χ4n) is 2.15. The van der Waals surface area contributed by atoms with Gasteiger partial charge in [0.05, 0.1) is 6.10 Å². The monoisotopic (exact) mass is 300 g/mol. The molecule has 0 saturated carbocycles. The Bertz CT molecular complexity index is 491. The molecule has 7 heteroatoms. The van der Waals surface area contributed by atoms with Gasteiger partial charge in [0, 0.05) is 24.4 Å². The Morgan fingerprint density at radius 2 is 2.33 bits per heavy atom. The summed E-state index contributed by atoms with van der Waals surface area (Å²) in [6.45, 7) is -0.140. The van der Waals surface area contributed by atoms with Crippen molar-refractivity contribution in [3.05, 3.63) is 23.8 Å². The van der Waals surface area contributed by atoms with Gasteiger partial charge in [-0.1, -0.05) is 6.07 Å². The molecule has 1 aliphatic heterocycles. The summed E-state index contributed by atoms with van der Waals surface area (Å²) < 4.78 is 34.3. The van der Waals surface area contributed by atoms with Gasteiger partial charge in [-0.3, -0.25) is 0 Å². The van der Waals surface area contributed by atoms with Crippen LogP contribution in [0.15, 0.2) is 18.2 Å². The zero-order valence-electron chi connectivity index (χ0n) is 11.7. The van der Waals surface area contributed by atoms with Crippen LogP contribution >= 0.6 is 0 Å². The van der Waals surface area contributed by atoms with Gasteiger partial charge in [-0.2, -0.15) is 8.78 Å². The third-order valence-corrected chi connectivity index (χ3v) is 3.26. The normalized spacial score (nSPS) is 17.8. The van der Waals surface area contributed by atoms with Crippen LogP contribution in [0.1, 0.15) is 18.4 Å². The van der Waals surface area contributed by atoms with Crippen molar-refractivity contribution in [2.24, 2.45) is 0 Å². The molecule has 2 amide bonds. The molecule has 0 aliphatic carbocycles. The van der Waals surface area contributed by atoms with E-state index in [4.69, 9.17) is 4.74 Å². The summed E-state index contributed by atoms with van der Waals surface area (Å²) in [5.41, 5.74) is 0.878. The number of nitrogens with one attached hydrogen (secondary N) is 2. The fraction of sp³-hybridized carbons (Fsp3) is 0.500. The first-order valence-electron chi connectivity index (χ1n) is 6.77. The first-order valence-corrected chi connectivity index (χ1v) is 6.77. The van der Waals surface area contributed by atoms with Gasteiger partial charge < -0.3 is 20.1 Å². The molecule has 1 heterocycles. The molecular formula is C14H18F2N2O3. The molecule has 0 bridgehead atoms. The molecule has 1 atom stereocenters. The maximum absolute atomic E-state index is 12.3. The number of anilines is 1. The average Bonchev–Trinajstić information content (AvgIpc) is 2.94. The summed E-state index contributed by atoms with van der Waals surface area (Å²) >= 11 is 0. The van der Waals surface area contributed by atoms with E-state index in [2.05, 4.69) is 15.4 Å². The topological polar surface area (TPSA) is 59.6 Å². The molecule has 1 saturated heterocycles. The van der Waals surface area contributed by atoms with Crippen molar-refractivity contribution in [3.8, 4) is 5.75 Å². The number of urea groups is 1. The molecule has 0 unspecified atom stereocenters. The van der Waals surface area contributed by atoms with Crippen LogP contribution in [0, 0.1) is 6.92 Å². The van der Waals surface area contributed by atoms with Gasteiger partial charge in [0.15, 0.2) is 0 Å². The fourth-order valence-corrected chi connectivity index (χ4v) is 2.15. The van der Waals surface area contributed by atoms with Gasteiger partial charge in [0.2, 0.25) is 0 Å². The number of rotatable bonds is 5. The van der Waals surface area contributed by atoms with E-state index in [1.807, 2.05) is 0 Å². The minimum absolute atomic E-state index is 0.0435. The highest BCUT2D eigenvalue weighted by Gasteiger charge is 2.17. The van der Waals surface area contributed by atoms with Crippen molar-refractivity contribution in [1.29, 1.82) is 0 Å². The van der Waals surface area contributed by atoms with Crippen LogP contribution in [-0.2, 0) is 4.74 Å². The van der Waals surface area contributed by atoms with E-state index in [0.29, 0.717) is 17.8 Å². The second-order valence-corrected chi connectivity index (χ2v) is 4.78. The molecule has 1 fully saturated rings. The number of ether oxygens (including phenoxy) is 2. The zero-order valence-corrected chi connectivity index (χ0v) is 11.7. The Balaban J connectivity index is 1.90. The van der Waals surface area contributed by atoms with E-state index in [9.17, 15) is 13.6 Å². The quantitative estimate of drug-likeness (QED) is 0.879. The number of carbonyl (C=O) groups excluding carboxylic acids is 1. The van der Waals surface area contributed by atoms with Crippen molar-refractivity contribution in [2.75, 3.05) is 18.5 Å². The van der Waals surface area contributed by atoms with Crippen molar-refractivity contribution in [1.82, 2.24) is 5.32 Å². The van der Waals surface area contributed by atoms with E-state index in [-0.39, 0.29) is 11.9 Å². The largest absolute Gasteiger partial charge is 0.434 e. The molecule has 1 aliphatic rings. The number of hydrogen-bond donors (Lipinski definition) is 2. The van der Waals surface area contributed by atoms with Crippen LogP contribution in [0.3, 0.4) is 0 Å². The molecule has 5 nitrogen and oxygen atoms in total. The SMILES string of the molecule is Cc1c(NC(=O)NC[C@H]2CCCO2)cccc1OC(F)F. The summed E-state index contributed by atoms with van der Waals surface area (Å²) in [7, 11) is 0. The lowest BCUT2D eigenvalue weighted by atomic mass is 10.2. The standard InChI is InChI=1S/C14H18F2N2O3/c1-9-11(5-2-6-12(9)21-13(15)16)18-14(19)17-8-10-4-3-7-20-10/h2,5-6,10,13H,3-4,7-8H2,1H3,(H2,17,18,19)/t10-/m1/s1. The Labute approximate surface area is 121 Å². The second kappa shape index (κ2) is 7.21. The molecule has 116 valence electrons. The van der Waals surface area contributed by atoms with Gasteiger partial charge in [0.1, 0.15) is 5.75 Å². The Hall–Kier alpha value is -1.89. The second-order valence-electron chi connectivity index (χ2n) is 4.78. The molecule has 0 spiro atoms. The van der Waals surface area contributed by atoms with E-state index in [1.54, 1.807) is 19.1 Å². The first kappa shape index (κ1) is 15.5. The molecule has 0 aromatic heterocycles. The first-order chi connectivity index (χ1) is 10.1. The number of alkyl halides is 2. The predicted molar refractivity (Wildman–Crippen MR) is 73.8 cm³/mol. The van der Waals surface area contributed by atoms with Gasteiger partial charge >= 0.3 is 12.6 Å². The summed E-state index contributed by atoms with van der Waals surface area (Å²) in [6, 6.07) is 4.19. The Morgan fingerprint density at radius 3 is 3.00 bits per heavy atom. The molecule has 1 aromatic carbocycles. The van der Waals surface area contributed by atoms with Crippen molar-refractivity contribution >= 4 is 11.7 Å². The van der Waals surface area contributed by atoms with Crippen molar-refractivity contribution < 1.29 is 23.0 Å². The van der Waals surface area contributed by atoms with Crippen LogP contribution in [0.5, 0.6) is 5.75 Å². The van der Waals surface area contributed by atoms with Gasteiger partial charge in [0.25, 0.3) is 0 Å². The smallest absolute Gasteiger partial charge is 0.387 e. The highest BCUT2D eigenvalue weighted by Crippen LogP contribution is 2.26. The minimum Gasteiger partial charge on any atom is -0.434 e. The average molecular weight is 300 g/mol. The number of hydrogen-bond acceptors (Lipinski definition) is 3. The highest BCUT2D eigenvalue weighted by molar-refractivity contribution is 5.90. The van der Waals surface area contributed by atoms with Crippen LogP contribution in [0.2, 0.25) is 0 Å². The number of carbonyl (C=O) groups is 1. The van der Waals surface area contributed by atoms with E-state index >= 15 is 0 Å². The lowest BCUT2D eigenvalue weighted by Crippen LogP contribution is -2.35. The van der Waals surface area contributed by atoms with Crippen LogP contribution in [0.25, 0.3) is 0 Å². The number of amides is 2. The molecule has 21 heavy (non-hydrogen) atoms. The van der Waals surface area contributed by atoms with Gasteiger partial charge in [-0.05, 0) is 31.9 Å². The van der Waals surface area contributed by atoms with Crippen molar-refractivity contribution in [3.63, 3.8) is 0 Å². The van der Waals surface area contributed by atoms with Gasteiger partial charge in [-0.15, -0.1) is 0 Å². The molecule has 2 N–H and O–H groups in total. The molecule has 1 aromatic rings. The Morgan fingerprint density at radius 1 is 1.52 bits per heavy atom. The summed E-state index contributed by atoms with van der Waals surface area (Å²) in [6.07, 6.45) is 1.97. The van der Waals surface area contributed by atoms with E-state index < -0.39 is 12.6 Å². The van der Waals surface area contributed by atoms with Crippen LogP contribution in [-0.4, -0.2) is 31.9 Å². The molecule has 2 rings (SSSR count). The minimum atomic E-state index is -2.90.